The molecule has 8 heteroatoms. The van der Waals surface area contributed by atoms with Gasteiger partial charge in [0.15, 0.2) is 0 Å². The summed E-state index contributed by atoms with van der Waals surface area (Å²) in [5.41, 5.74) is 6.14. The zero-order chi connectivity index (χ0) is 13.8. The summed E-state index contributed by atoms with van der Waals surface area (Å²) in [5.74, 6) is -0.656. The van der Waals surface area contributed by atoms with Crippen molar-refractivity contribution in [3.8, 4) is 0 Å². The lowest BCUT2D eigenvalue weighted by atomic mass is 10.1. The number of halogens is 1. The van der Waals surface area contributed by atoms with E-state index >= 15 is 0 Å². The summed E-state index contributed by atoms with van der Waals surface area (Å²) < 4.78 is 24.4. The fraction of sp³-hybridized carbons (Fsp3) is 0.300. The fourth-order valence-corrected chi connectivity index (χ4v) is 1.97. The van der Waals surface area contributed by atoms with Crippen molar-refractivity contribution in [1.82, 2.24) is 10.0 Å². The van der Waals surface area contributed by atoms with Crippen LogP contribution < -0.4 is 15.8 Å². The van der Waals surface area contributed by atoms with Crippen molar-refractivity contribution >= 4 is 33.2 Å². The maximum atomic E-state index is 11.7. The van der Waals surface area contributed by atoms with Crippen LogP contribution in [0.4, 0.5) is 5.69 Å². The number of hydrogen-bond donors (Lipinski definition) is 3. The smallest absolute Gasteiger partial charge is 0.253 e. The topological polar surface area (TPSA) is 101 Å². The van der Waals surface area contributed by atoms with E-state index in [1.54, 1.807) is 6.07 Å². The van der Waals surface area contributed by atoms with E-state index in [1.165, 1.54) is 19.2 Å². The Balaban J connectivity index is 2.64. The van der Waals surface area contributed by atoms with Crippen molar-refractivity contribution < 1.29 is 13.2 Å². The van der Waals surface area contributed by atoms with Gasteiger partial charge in [0.05, 0.1) is 11.3 Å². The van der Waals surface area contributed by atoms with Gasteiger partial charge in [-0.25, -0.2) is 13.1 Å². The minimum atomic E-state index is -3.34. The lowest BCUT2D eigenvalue weighted by Gasteiger charge is -2.08. The normalized spacial score (nSPS) is 11.2. The Morgan fingerprint density at radius 3 is 2.72 bits per heavy atom. The number of amides is 1. The Morgan fingerprint density at radius 1 is 1.44 bits per heavy atom. The summed E-state index contributed by atoms with van der Waals surface area (Å²) >= 11 is 5.75. The second-order valence-corrected chi connectivity index (χ2v) is 5.99. The van der Waals surface area contributed by atoms with Crippen LogP contribution in [0.2, 0.25) is 5.02 Å². The minimum absolute atomic E-state index is 0.00599. The van der Waals surface area contributed by atoms with Crippen LogP contribution in [0.15, 0.2) is 18.2 Å². The third kappa shape index (κ3) is 4.17. The highest BCUT2D eigenvalue weighted by Crippen LogP contribution is 2.17. The van der Waals surface area contributed by atoms with Crippen LogP contribution >= 0.6 is 11.6 Å². The molecule has 6 nitrogen and oxygen atoms in total. The molecule has 0 bridgehead atoms. The molecule has 0 heterocycles. The van der Waals surface area contributed by atoms with Gasteiger partial charge in [-0.3, -0.25) is 4.79 Å². The van der Waals surface area contributed by atoms with Gasteiger partial charge in [-0.2, -0.15) is 0 Å². The number of sulfonamides is 1. The average Bonchev–Trinajstić information content (AvgIpc) is 2.32. The lowest BCUT2D eigenvalue weighted by Crippen LogP contribution is -2.33. The number of nitrogens with two attached hydrogens (primary N) is 1. The molecule has 0 aliphatic heterocycles. The van der Waals surface area contributed by atoms with Crippen LogP contribution in [0.5, 0.6) is 0 Å². The second kappa shape index (κ2) is 6.03. The predicted octanol–water partition coefficient (Wildman–Crippen LogP) is 0.201. The second-order valence-electron chi connectivity index (χ2n) is 3.51. The van der Waals surface area contributed by atoms with Crippen molar-refractivity contribution in [1.29, 1.82) is 0 Å². The molecule has 0 aliphatic carbocycles. The van der Waals surface area contributed by atoms with Crippen molar-refractivity contribution in [2.75, 3.05) is 25.1 Å². The van der Waals surface area contributed by atoms with Gasteiger partial charge in [0.25, 0.3) is 5.91 Å². The lowest BCUT2D eigenvalue weighted by molar-refractivity contribution is 0.0957. The van der Waals surface area contributed by atoms with Crippen molar-refractivity contribution in [3.05, 3.63) is 28.8 Å². The number of carbonyl (C=O) groups excluding carboxylic acids is 1. The molecule has 0 fully saturated rings. The molecule has 0 spiro atoms. The molecule has 1 aromatic rings. The van der Waals surface area contributed by atoms with Crippen molar-refractivity contribution in [2.45, 2.75) is 0 Å². The summed E-state index contributed by atoms with van der Waals surface area (Å²) in [6.45, 7) is -0.00599. The summed E-state index contributed by atoms with van der Waals surface area (Å²) in [6.07, 6.45) is 0. The largest absolute Gasteiger partial charge is 0.398 e. The molecule has 0 aromatic heterocycles. The van der Waals surface area contributed by atoms with Gasteiger partial charge in [0.1, 0.15) is 0 Å². The summed E-state index contributed by atoms with van der Waals surface area (Å²) in [4.78, 5) is 11.7. The average molecular weight is 292 g/mol. The van der Waals surface area contributed by atoms with Gasteiger partial charge in [0, 0.05) is 17.3 Å². The Bertz CT molecular complexity index is 545. The zero-order valence-electron chi connectivity index (χ0n) is 9.73. The van der Waals surface area contributed by atoms with Gasteiger partial charge in [-0.15, -0.1) is 0 Å². The molecular weight excluding hydrogens is 278 g/mol. The van der Waals surface area contributed by atoms with Gasteiger partial charge in [0.2, 0.25) is 10.0 Å². The molecule has 0 aliphatic rings. The standard InChI is InChI=1S/C10H14ClN3O3S/c1-13-18(16,17)5-4-14-10(15)8-6-7(11)2-3-9(8)12/h2-3,6,13H,4-5,12H2,1H3,(H,14,15). The quantitative estimate of drug-likeness (QED) is 0.675. The van der Waals surface area contributed by atoms with Crippen molar-refractivity contribution in [2.24, 2.45) is 0 Å². The molecule has 1 aromatic carbocycles. The number of anilines is 1. The van der Waals surface area contributed by atoms with E-state index < -0.39 is 15.9 Å². The predicted molar refractivity (Wildman–Crippen MR) is 71.0 cm³/mol. The van der Waals surface area contributed by atoms with E-state index in [0.29, 0.717) is 5.02 Å². The number of carbonyl (C=O) groups is 1. The van der Waals surface area contributed by atoms with Gasteiger partial charge < -0.3 is 11.1 Å². The molecular formula is C10H14ClN3O3S. The van der Waals surface area contributed by atoms with Gasteiger partial charge in [-0.05, 0) is 25.2 Å². The van der Waals surface area contributed by atoms with E-state index in [2.05, 4.69) is 10.0 Å². The van der Waals surface area contributed by atoms with Gasteiger partial charge >= 0.3 is 0 Å². The van der Waals surface area contributed by atoms with Crippen molar-refractivity contribution in [3.63, 3.8) is 0 Å². The van der Waals surface area contributed by atoms with Crippen LogP contribution in [0.25, 0.3) is 0 Å². The molecule has 1 amide bonds. The first-order valence-corrected chi connectivity index (χ1v) is 7.13. The van der Waals surface area contributed by atoms with Crippen LogP contribution in [-0.4, -0.2) is 33.7 Å². The number of benzene rings is 1. The van der Waals surface area contributed by atoms with Gasteiger partial charge in [-0.1, -0.05) is 11.6 Å². The molecule has 0 radical (unpaired) electrons. The zero-order valence-corrected chi connectivity index (χ0v) is 11.3. The minimum Gasteiger partial charge on any atom is -0.398 e. The van der Waals surface area contributed by atoms with Crippen LogP contribution in [0.3, 0.4) is 0 Å². The molecule has 0 saturated heterocycles. The highest BCUT2D eigenvalue weighted by molar-refractivity contribution is 7.89. The maximum Gasteiger partial charge on any atom is 0.253 e. The Kier molecular flexibility index (Phi) is 4.94. The monoisotopic (exact) mass is 291 g/mol. The molecule has 4 N–H and O–H groups in total. The molecule has 100 valence electrons. The SMILES string of the molecule is CNS(=O)(=O)CCNC(=O)c1cc(Cl)ccc1N. The molecule has 0 atom stereocenters. The van der Waals surface area contributed by atoms with Crippen LogP contribution in [0.1, 0.15) is 10.4 Å². The van der Waals surface area contributed by atoms with Crippen LogP contribution in [-0.2, 0) is 10.0 Å². The Labute approximate surface area is 111 Å². The molecule has 18 heavy (non-hydrogen) atoms. The molecule has 1 rings (SSSR count). The third-order valence-corrected chi connectivity index (χ3v) is 3.83. The molecule has 0 unspecified atom stereocenters. The fourth-order valence-electron chi connectivity index (χ4n) is 1.22. The summed E-state index contributed by atoms with van der Waals surface area (Å²) in [6, 6.07) is 4.51. The third-order valence-electron chi connectivity index (χ3n) is 2.23. The van der Waals surface area contributed by atoms with E-state index in [1.807, 2.05) is 0 Å². The number of nitrogens with one attached hydrogen (secondary N) is 2. The first-order valence-electron chi connectivity index (χ1n) is 5.10. The summed E-state index contributed by atoms with van der Waals surface area (Å²) in [5, 5.41) is 2.85. The van der Waals surface area contributed by atoms with Crippen LogP contribution in [0, 0.1) is 0 Å². The van der Waals surface area contributed by atoms with E-state index in [0.717, 1.165) is 0 Å². The van der Waals surface area contributed by atoms with E-state index in [4.69, 9.17) is 17.3 Å². The Morgan fingerprint density at radius 2 is 2.11 bits per heavy atom. The summed E-state index contributed by atoms with van der Waals surface area (Å²) in [7, 11) is -2.03. The Hall–Kier alpha value is -1.31. The molecule has 0 saturated carbocycles. The maximum absolute atomic E-state index is 11.7. The number of nitrogen functional groups attached to an aromatic ring is 1. The first kappa shape index (κ1) is 14.7. The first-order chi connectivity index (χ1) is 8.35. The van der Waals surface area contributed by atoms with E-state index in [9.17, 15) is 13.2 Å². The highest BCUT2D eigenvalue weighted by atomic mass is 35.5. The highest BCUT2D eigenvalue weighted by Gasteiger charge is 2.12. The number of hydrogen-bond acceptors (Lipinski definition) is 4. The number of rotatable bonds is 5. The van der Waals surface area contributed by atoms with E-state index in [-0.39, 0.29) is 23.5 Å².